The molecule has 0 radical (unpaired) electrons. The van der Waals surface area contributed by atoms with E-state index < -0.39 is 17.9 Å². The van der Waals surface area contributed by atoms with Gasteiger partial charge in [0.05, 0.1) is 12.0 Å². The molecule has 0 unspecified atom stereocenters. The fourth-order valence-corrected chi connectivity index (χ4v) is 7.01. The molecule has 198 valence electrons. The van der Waals surface area contributed by atoms with E-state index in [0.29, 0.717) is 18.3 Å². The predicted molar refractivity (Wildman–Crippen MR) is 146 cm³/mol. The van der Waals surface area contributed by atoms with Crippen LogP contribution in [-0.2, 0) is 47.0 Å². The van der Waals surface area contributed by atoms with Gasteiger partial charge in [0, 0.05) is 20.4 Å². The van der Waals surface area contributed by atoms with Crippen molar-refractivity contribution in [2.75, 3.05) is 19.0 Å². The van der Waals surface area contributed by atoms with E-state index in [-0.39, 0.29) is 16.8 Å². The summed E-state index contributed by atoms with van der Waals surface area (Å²) < 4.78 is 39.7. The van der Waals surface area contributed by atoms with Gasteiger partial charge in [-0.25, -0.2) is 13.1 Å². The molecule has 1 N–H and O–H groups in total. The molecule has 1 aromatic heterocycles. The number of nitrogens with one attached hydrogen (secondary N) is 1. The monoisotopic (exact) mass is 540 g/mol. The van der Waals surface area contributed by atoms with Crippen LogP contribution < -0.4 is 10.1 Å². The van der Waals surface area contributed by atoms with E-state index in [4.69, 9.17) is 9.47 Å². The van der Waals surface area contributed by atoms with Crippen LogP contribution in [0.2, 0.25) is 25.7 Å². The highest BCUT2D eigenvalue weighted by Crippen LogP contribution is 2.40. The van der Waals surface area contributed by atoms with Crippen molar-refractivity contribution >= 4 is 29.5 Å². The highest BCUT2D eigenvalue weighted by Gasteiger charge is 2.29. The maximum absolute atomic E-state index is 13.5. The van der Waals surface area contributed by atoms with Gasteiger partial charge in [0.25, 0.3) is 5.16 Å². The summed E-state index contributed by atoms with van der Waals surface area (Å²) in [6.45, 7) is 7.63. The molecule has 5 rings (SSSR count). The maximum Gasteiger partial charge on any atom is 0.273 e. The number of ether oxygens (including phenoxy) is 2. The van der Waals surface area contributed by atoms with Crippen molar-refractivity contribution in [3.8, 4) is 5.75 Å². The second kappa shape index (κ2) is 10.2. The molecule has 37 heavy (non-hydrogen) atoms. The van der Waals surface area contributed by atoms with Gasteiger partial charge in [0.15, 0.2) is 0 Å². The Morgan fingerprint density at radius 3 is 2.38 bits per heavy atom. The van der Waals surface area contributed by atoms with E-state index in [1.807, 2.05) is 0 Å². The maximum atomic E-state index is 13.5. The Morgan fingerprint density at radius 1 is 1.03 bits per heavy atom. The van der Waals surface area contributed by atoms with Gasteiger partial charge in [-0.05, 0) is 85.0 Å². The fraction of sp³-hybridized carbons (Fsp3) is 0.481. The molecule has 0 amide bonds. The minimum Gasteiger partial charge on any atom is -0.497 e. The lowest BCUT2D eigenvalue weighted by molar-refractivity contribution is 0.0792. The molecule has 0 aliphatic heterocycles. The highest BCUT2D eigenvalue weighted by molar-refractivity contribution is 7.91. The minimum absolute atomic E-state index is 0.0942. The standard InChI is InChI=1S/C27H36N4O4SSi/c1-34-21-10-7-11-22(17-21)36(32,33)27-29-26(31(30-27)18-35-14-15-37(2,3)4)28-25-23-12-5-8-19(23)16-20-9-6-13-24(20)25/h7,10-11,16-17H,5-6,8-9,12-15,18H2,1-4H3,(H,28,29,30). The molecule has 3 aromatic rings. The zero-order valence-electron chi connectivity index (χ0n) is 22.1. The minimum atomic E-state index is -3.95. The largest absolute Gasteiger partial charge is 0.497 e. The first kappa shape index (κ1) is 25.9. The summed E-state index contributed by atoms with van der Waals surface area (Å²) in [7, 11) is -3.71. The summed E-state index contributed by atoms with van der Waals surface area (Å²) in [6.07, 6.45) is 6.46. The van der Waals surface area contributed by atoms with Crippen molar-refractivity contribution in [3.63, 3.8) is 0 Å². The molecule has 10 heteroatoms. The van der Waals surface area contributed by atoms with Crippen molar-refractivity contribution < 1.29 is 17.9 Å². The van der Waals surface area contributed by atoms with Crippen molar-refractivity contribution in [1.29, 1.82) is 0 Å². The third-order valence-electron chi connectivity index (χ3n) is 7.16. The van der Waals surface area contributed by atoms with Crippen molar-refractivity contribution in [2.24, 2.45) is 0 Å². The van der Waals surface area contributed by atoms with Crippen LogP contribution in [0.3, 0.4) is 0 Å². The van der Waals surface area contributed by atoms with Gasteiger partial charge in [-0.3, -0.25) is 0 Å². The lowest BCUT2D eigenvalue weighted by Crippen LogP contribution is -2.22. The van der Waals surface area contributed by atoms with E-state index >= 15 is 0 Å². The van der Waals surface area contributed by atoms with Crippen LogP contribution in [0.15, 0.2) is 40.4 Å². The van der Waals surface area contributed by atoms with Crippen LogP contribution in [0.5, 0.6) is 5.75 Å². The van der Waals surface area contributed by atoms with E-state index in [0.717, 1.165) is 50.3 Å². The summed E-state index contributed by atoms with van der Waals surface area (Å²) in [5.41, 5.74) is 6.53. The molecule has 2 aliphatic carbocycles. The van der Waals surface area contributed by atoms with Crippen LogP contribution in [0.1, 0.15) is 35.1 Å². The summed E-state index contributed by atoms with van der Waals surface area (Å²) in [5, 5.41) is 7.71. The van der Waals surface area contributed by atoms with Gasteiger partial charge in [-0.1, -0.05) is 31.8 Å². The molecule has 0 saturated heterocycles. The fourth-order valence-electron chi connectivity index (χ4n) is 5.10. The van der Waals surface area contributed by atoms with Crippen LogP contribution in [0.4, 0.5) is 11.6 Å². The number of hydrogen-bond donors (Lipinski definition) is 1. The molecule has 0 spiro atoms. The number of fused-ring (bicyclic) bond motifs is 2. The average Bonchev–Trinajstić information content (AvgIpc) is 3.61. The lowest BCUT2D eigenvalue weighted by atomic mass is 9.99. The van der Waals surface area contributed by atoms with Gasteiger partial charge in [0.1, 0.15) is 12.5 Å². The first-order valence-electron chi connectivity index (χ1n) is 13.0. The third-order valence-corrected chi connectivity index (χ3v) is 10.4. The van der Waals surface area contributed by atoms with E-state index in [2.05, 4.69) is 41.1 Å². The molecule has 2 aromatic carbocycles. The lowest BCUT2D eigenvalue weighted by Gasteiger charge is -2.18. The summed E-state index contributed by atoms with van der Waals surface area (Å²) in [4.78, 5) is 4.62. The smallest absolute Gasteiger partial charge is 0.273 e. The van der Waals surface area contributed by atoms with Crippen LogP contribution >= 0.6 is 0 Å². The van der Waals surface area contributed by atoms with Gasteiger partial charge in [0.2, 0.25) is 15.8 Å². The zero-order valence-corrected chi connectivity index (χ0v) is 24.0. The number of sulfone groups is 1. The normalized spacial score (nSPS) is 15.0. The molecule has 2 aliphatic rings. The number of benzene rings is 2. The van der Waals surface area contributed by atoms with Gasteiger partial charge in [-0.2, -0.15) is 4.98 Å². The molecule has 0 atom stereocenters. The number of hydrogen-bond acceptors (Lipinski definition) is 7. The van der Waals surface area contributed by atoms with Gasteiger partial charge >= 0.3 is 0 Å². The topological polar surface area (TPSA) is 95.3 Å². The highest BCUT2D eigenvalue weighted by atomic mass is 32.2. The number of aryl methyl sites for hydroxylation is 2. The number of methoxy groups -OCH3 is 1. The molecule has 0 bridgehead atoms. The molecule has 1 heterocycles. The Bertz CT molecular complexity index is 1380. The molecular weight excluding hydrogens is 504 g/mol. The summed E-state index contributed by atoms with van der Waals surface area (Å²) >= 11 is 0. The number of nitrogens with zero attached hydrogens (tertiary/aromatic N) is 3. The second-order valence-corrected chi connectivity index (χ2v) is 18.6. The Kier molecular flexibility index (Phi) is 7.17. The predicted octanol–water partition coefficient (Wildman–Crippen LogP) is 5.15. The van der Waals surface area contributed by atoms with Gasteiger partial charge in [-0.15, -0.1) is 5.10 Å². The average molecular weight is 541 g/mol. The van der Waals surface area contributed by atoms with Crippen molar-refractivity contribution in [1.82, 2.24) is 14.8 Å². The SMILES string of the molecule is COc1cccc(S(=O)(=O)c2nc(Nc3c4c(cc5c3CCC5)CCC4)n(COCC[Si](C)(C)C)n2)c1. The van der Waals surface area contributed by atoms with Crippen molar-refractivity contribution in [3.05, 3.63) is 52.6 Å². The number of anilines is 2. The Hall–Kier alpha value is -2.69. The first-order chi connectivity index (χ1) is 17.7. The Morgan fingerprint density at radius 2 is 1.73 bits per heavy atom. The van der Waals surface area contributed by atoms with Crippen LogP contribution in [0, 0.1) is 0 Å². The van der Waals surface area contributed by atoms with Crippen molar-refractivity contribution in [2.45, 2.75) is 81.0 Å². The molecule has 8 nitrogen and oxygen atoms in total. The zero-order chi connectivity index (χ0) is 26.2. The number of aromatic nitrogens is 3. The first-order valence-corrected chi connectivity index (χ1v) is 18.2. The van der Waals surface area contributed by atoms with Gasteiger partial charge < -0.3 is 14.8 Å². The molecular formula is C27H36N4O4SSi. The third kappa shape index (κ3) is 5.46. The molecule has 0 fully saturated rings. The van der Waals surface area contributed by atoms with E-state index in [1.165, 1.54) is 41.5 Å². The Labute approximate surface area is 220 Å². The van der Waals surface area contributed by atoms with E-state index in [1.54, 1.807) is 16.8 Å². The second-order valence-electron chi connectivity index (χ2n) is 11.1. The summed E-state index contributed by atoms with van der Waals surface area (Å²) in [6, 6.07) is 9.77. The summed E-state index contributed by atoms with van der Waals surface area (Å²) in [5.74, 6) is 0.854. The quantitative estimate of drug-likeness (QED) is 0.281. The van der Waals surface area contributed by atoms with Crippen LogP contribution in [-0.4, -0.2) is 45.0 Å². The van der Waals surface area contributed by atoms with E-state index in [9.17, 15) is 8.42 Å². The Balaban J connectivity index is 1.51. The number of rotatable bonds is 10. The van der Waals surface area contributed by atoms with Crippen LogP contribution in [0.25, 0.3) is 0 Å². The molecule has 0 saturated carbocycles.